The Hall–Kier alpha value is -0.870. The number of carbonyl (C=O) groups excluding carboxylic acids is 1. The van der Waals surface area contributed by atoms with Crippen LogP contribution in [0.15, 0.2) is 17.5 Å². The SMILES string of the molecule is CC(C)C1NC(c2cccs2)N(CC(C)C2CC2)C1=O. The van der Waals surface area contributed by atoms with Gasteiger partial charge in [0.15, 0.2) is 0 Å². The summed E-state index contributed by atoms with van der Waals surface area (Å²) < 4.78 is 0. The summed E-state index contributed by atoms with van der Waals surface area (Å²) >= 11 is 1.73. The van der Waals surface area contributed by atoms with E-state index in [1.165, 1.54) is 17.7 Å². The first-order chi connectivity index (χ1) is 9.58. The number of nitrogens with zero attached hydrogens (tertiary/aromatic N) is 1. The zero-order valence-electron chi connectivity index (χ0n) is 12.5. The molecule has 3 nitrogen and oxygen atoms in total. The molecule has 1 aromatic rings. The van der Waals surface area contributed by atoms with Gasteiger partial charge in [-0.1, -0.05) is 26.8 Å². The van der Waals surface area contributed by atoms with Gasteiger partial charge in [-0.05, 0) is 42.0 Å². The highest BCUT2D eigenvalue weighted by Crippen LogP contribution is 2.39. The van der Waals surface area contributed by atoms with Gasteiger partial charge in [0.2, 0.25) is 5.91 Å². The molecule has 1 aliphatic heterocycles. The summed E-state index contributed by atoms with van der Waals surface area (Å²) in [5, 5.41) is 5.63. The molecule has 3 unspecified atom stereocenters. The van der Waals surface area contributed by atoms with E-state index in [1.54, 1.807) is 11.3 Å². The van der Waals surface area contributed by atoms with Crippen molar-refractivity contribution in [1.82, 2.24) is 10.2 Å². The Morgan fingerprint density at radius 1 is 1.40 bits per heavy atom. The molecule has 3 rings (SSSR count). The van der Waals surface area contributed by atoms with Crippen LogP contribution in [0, 0.1) is 17.8 Å². The summed E-state index contributed by atoms with van der Waals surface area (Å²) in [6.07, 6.45) is 2.76. The largest absolute Gasteiger partial charge is 0.320 e. The minimum atomic E-state index is -0.0338. The Morgan fingerprint density at radius 2 is 2.15 bits per heavy atom. The molecule has 20 heavy (non-hydrogen) atoms. The maximum absolute atomic E-state index is 12.7. The van der Waals surface area contributed by atoms with E-state index in [0.717, 1.165) is 12.5 Å². The van der Waals surface area contributed by atoms with Crippen molar-refractivity contribution in [3.05, 3.63) is 22.4 Å². The van der Waals surface area contributed by atoms with Gasteiger partial charge in [-0.15, -0.1) is 11.3 Å². The molecule has 4 heteroatoms. The van der Waals surface area contributed by atoms with E-state index in [-0.39, 0.29) is 18.1 Å². The fraction of sp³-hybridized carbons (Fsp3) is 0.688. The van der Waals surface area contributed by atoms with Gasteiger partial charge in [0, 0.05) is 11.4 Å². The lowest BCUT2D eigenvalue weighted by atomic mass is 10.0. The van der Waals surface area contributed by atoms with E-state index in [4.69, 9.17) is 0 Å². The molecule has 1 aliphatic carbocycles. The van der Waals surface area contributed by atoms with Gasteiger partial charge in [0.1, 0.15) is 6.17 Å². The van der Waals surface area contributed by atoms with Gasteiger partial charge < -0.3 is 4.90 Å². The Bertz CT molecular complexity index is 467. The molecule has 3 atom stereocenters. The van der Waals surface area contributed by atoms with Crippen LogP contribution >= 0.6 is 11.3 Å². The highest BCUT2D eigenvalue weighted by molar-refractivity contribution is 7.10. The van der Waals surface area contributed by atoms with E-state index >= 15 is 0 Å². The van der Waals surface area contributed by atoms with Crippen LogP contribution in [0.5, 0.6) is 0 Å². The molecule has 1 N–H and O–H groups in total. The van der Waals surface area contributed by atoms with Crippen LogP contribution in [-0.4, -0.2) is 23.4 Å². The topological polar surface area (TPSA) is 32.3 Å². The Labute approximate surface area is 125 Å². The quantitative estimate of drug-likeness (QED) is 0.903. The van der Waals surface area contributed by atoms with Crippen molar-refractivity contribution < 1.29 is 4.79 Å². The third-order valence-electron chi connectivity index (χ3n) is 4.59. The second-order valence-corrected chi connectivity index (χ2v) is 7.59. The average molecular weight is 292 g/mol. The molecule has 0 bridgehead atoms. The molecular formula is C16H24N2OS. The maximum atomic E-state index is 12.7. The minimum absolute atomic E-state index is 0.0338. The first-order valence-corrected chi connectivity index (χ1v) is 8.56. The van der Waals surface area contributed by atoms with Crippen molar-refractivity contribution in [2.24, 2.45) is 17.8 Å². The number of amides is 1. The molecule has 0 spiro atoms. The standard InChI is InChI=1S/C16H24N2OS/c1-10(2)14-16(19)18(9-11(3)12-6-7-12)15(17-14)13-5-4-8-20-13/h4-5,8,10-12,14-15,17H,6-7,9H2,1-3H3. The van der Waals surface area contributed by atoms with E-state index < -0.39 is 0 Å². The smallest absolute Gasteiger partial charge is 0.241 e. The first kappa shape index (κ1) is 14.1. The van der Waals surface area contributed by atoms with Crippen molar-refractivity contribution in [3.8, 4) is 0 Å². The Morgan fingerprint density at radius 3 is 2.70 bits per heavy atom. The van der Waals surface area contributed by atoms with Crippen molar-refractivity contribution >= 4 is 17.2 Å². The van der Waals surface area contributed by atoms with E-state index in [1.807, 2.05) is 0 Å². The normalized spacial score (nSPS) is 28.4. The summed E-state index contributed by atoms with van der Waals surface area (Å²) in [5.41, 5.74) is 0. The summed E-state index contributed by atoms with van der Waals surface area (Å²) in [5.74, 6) is 2.08. The summed E-state index contributed by atoms with van der Waals surface area (Å²) in [6.45, 7) is 7.42. The van der Waals surface area contributed by atoms with Gasteiger partial charge in [0.25, 0.3) is 0 Å². The van der Waals surface area contributed by atoms with Crippen molar-refractivity contribution in [2.45, 2.75) is 45.8 Å². The molecule has 2 aliphatic rings. The molecule has 1 aromatic heterocycles. The number of carbonyl (C=O) groups is 1. The molecule has 1 saturated carbocycles. The molecule has 0 radical (unpaired) electrons. The van der Waals surface area contributed by atoms with Crippen molar-refractivity contribution in [1.29, 1.82) is 0 Å². The van der Waals surface area contributed by atoms with Crippen LogP contribution in [0.3, 0.4) is 0 Å². The zero-order chi connectivity index (χ0) is 14.3. The Kier molecular flexibility index (Phi) is 3.87. The monoisotopic (exact) mass is 292 g/mol. The van der Waals surface area contributed by atoms with Gasteiger partial charge in [-0.3, -0.25) is 10.1 Å². The highest BCUT2D eigenvalue weighted by atomic mass is 32.1. The lowest BCUT2D eigenvalue weighted by Gasteiger charge is -2.26. The van der Waals surface area contributed by atoms with Crippen LogP contribution in [0.2, 0.25) is 0 Å². The predicted octanol–water partition coefficient (Wildman–Crippen LogP) is 3.25. The van der Waals surface area contributed by atoms with Crippen LogP contribution in [0.1, 0.15) is 44.7 Å². The molecule has 1 amide bonds. The molecule has 0 aromatic carbocycles. The maximum Gasteiger partial charge on any atom is 0.241 e. The Balaban J connectivity index is 1.79. The first-order valence-electron chi connectivity index (χ1n) is 7.68. The van der Waals surface area contributed by atoms with Gasteiger partial charge >= 0.3 is 0 Å². The van der Waals surface area contributed by atoms with Crippen LogP contribution in [0.25, 0.3) is 0 Å². The molecular weight excluding hydrogens is 268 g/mol. The number of thiophene rings is 1. The van der Waals surface area contributed by atoms with Crippen molar-refractivity contribution in [3.63, 3.8) is 0 Å². The zero-order valence-corrected chi connectivity index (χ0v) is 13.3. The van der Waals surface area contributed by atoms with Crippen molar-refractivity contribution in [2.75, 3.05) is 6.54 Å². The van der Waals surface area contributed by atoms with E-state index in [0.29, 0.717) is 11.8 Å². The fourth-order valence-electron chi connectivity index (χ4n) is 3.12. The molecule has 1 saturated heterocycles. The van der Waals surface area contributed by atoms with E-state index in [2.05, 4.69) is 48.5 Å². The minimum Gasteiger partial charge on any atom is -0.320 e. The molecule has 2 fully saturated rings. The van der Waals surface area contributed by atoms with Gasteiger partial charge in [-0.2, -0.15) is 0 Å². The van der Waals surface area contributed by atoms with E-state index in [9.17, 15) is 4.79 Å². The second-order valence-electron chi connectivity index (χ2n) is 6.61. The summed E-state index contributed by atoms with van der Waals surface area (Å²) in [7, 11) is 0. The molecule has 110 valence electrons. The van der Waals surface area contributed by atoms with Crippen LogP contribution < -0.4 is 5.32 Å². The third kappa shape index (κ3) is 2.63. The van der Waals surface area contributed by atoms with Gasteiger partial charge in [0.05, 0.1) is 6.04 Å². The average Bonchev–Trinajstić information content (AvgIpc) is 3.03. The second kappa shape index (κ2) is 5.49. The highest BCUT2D eigenvalue weighted by Gasteiger charge is 2.43. The lowest BCUT2D eigenvalue weighted by Crippen LogP contribution is -2.36. The molecule has 2 heterocycles. The fourth-order valence-corrected chi connectivity index (χ4v) is 3.91. The number of hydrogen-bond acceptors (Lipinski definition) is 3. The summed E-state index contributed by atoms with van der Waals surface area (Å²) in [6, 6.07) is 4.17. The number of hydrogen-bond donors (Lipinski definition) is 1. The third-order valence-corrected chi connectivity index (χ3v) is 5.51. The number of nitrogens with one attached hydrogen (secondary N) is 1. The van der Waals surface area contributed by atoms with Crippen LogP contribution in [0.4, 0.5) is 0 Å². The summed E-state index contributed by atoms with van der Waals surface area (Å²) in [4.78, 5) is 16.0. The van der Waals surface area contributed by atoms with Crippen LogP contribution in [-0.2, 0) is 4.79 Å². The number of rotatable bonds is 5. The van der Waals surface area contributed by atoms with Gasteiger partial charge in [-0.25, -0.2) is 0 Å². The lowest BCUT2D eigenvalue weighted by molar-refractivity contribution is -0.131. The predicted molar refractivity (Wildman–Crippen MR) is 82.4 cm³/mol.